The number of benzene rings is 2. The highest BCUT2D eigenvalue weighted by Crippen LogP contribution is 2.42. The summed E-state index contributed by atoms with van der Waals surface area (Å²) in [4.78, 5) is 37.1. The molecule has 2 heterocycles. The van der Waals surface area contributed by atoms with E-state index < -0.39 is 34.4 Å². The fourth-order valence-corrected chi connectivity index (χ4v) is 5.33. The van der Waals surface area contributed by atoms with Crippen molar-refractivity contribution in [1.29, 1.82) is 5.26 Å². The zero-order chi connectivity index (χ0) is 32.2. The Kier molecular flexibility index (Phi) is 9.56. The van der Waals surface area contributed by atoms with E-state index in [1.165, 1.54) is 44.6 Å². The number of anilines is 2. The lowest BCUT2D eigenvalue weighted by molar-refractivity contribution is -0.384. The third-order valence-corrected chi connectivity index (χ3v) is 7.63. The van der Waals surface area contributed by atoms with E-state index in [1.54, 1.807) is 0 Å². The van der Waals surface area contributed by atoms with Gasteiger partial charge in [0.05, 0.1) is 74.6 Å². The number of methoxy groups -OCH3 is 1. The molecular weight excluding hydrogens is 627 g/mol. The van der Waals surface area contributed by atoms with Crippen LogP contribution >= 0.6 is 23.4 Å². The summed E-state index contributed by atoms with van der Waals surface area (Å²) in [7, 11) is 1.34. The number of thioether (sulfide) groups is 1. The molecule has 2 amide bonds. The van der Waals surface area contributed by atoms with Crippen LogP contribution in [0.15, 0.2) is 81.1 Å². The molecule has 1 aliphatic rings. The Balaban J connectivity index is 1.60. The molecular formula is C28H21ClF3N5O6S. The maximum absolute atomic E-state index is 13.5. The summed E-state index contributed by atoms with van der Waals surface area (Å²) in [6, 6.07) is 11.5. The molecule has 0 spiro atoms. The van der Waals surface area contributed by atoms with Gasteiger partial charge < -0.3 is 25.1 Å². The molecule has 0 fully saturated rings. The molecule has 44 heavy (non-hydrogen) atoms. The molecule has 1 atom stereocenters. The Labute approximate surface area is 256 Å². The topological polar surface area (TPSA) is 160 Å². The van der Waals surface area contributed by atoms with Gasteiger partial charge in [0.15, 0.2) is 0 Å². The molecule has 4 rings (SSSR count). The molecule has 0 saturated heterocycles. The van der Waals surface area contributed by atoms with Crippen LogP contribution < -0.4 is 20.7 Å². The zero-order valence-corrected chi connectivity index (χ0v) is 24.3. The van der Waals surface area contributed by atoms with Crippen molar-refractivity contribution in [3.05, 3.63) is 103 Å². The van der Waals surface area contributed by atoms with Gasteiger partial charge in [-0.3, -0.25) is 19.7 Å². The number of ether oxygens (including phenoxy) is 1. The van der Waals surface area contributed by atoms with E-state index in [4.69, 9.17) is 20.8 Å². The lowest BCUT2D eigenvalue weighted by atomic mass is 9.85. The Morgan fingerprint density at radius 1 is 1.20 bits per heavy atom. The van der Waals surface area contributed by atoms with Crippen LogP contribution in [-0.2, 0) is 15.8 Å². The van der Waals surface area contributed by atoms with E-state index >= 15 is 0 Å². The summed E-state index contributed by atoms with van der Waals surface area (Å²) in [5, 5.41) is 29.4. The largest absolute Gasteiger partial charge is 0.496 e. The van der Waals surface area contributed by atoms with Gasteiger partial charge in [-0.05, 0) is 49.4 Å². The predicted molar refractivity (Wildman–Crippen MR) is 156 cm³/mol. The van der Waals surface area contributed by atoms with E-state index in [9.17, 15) is 38.1 Å². The van der Waals surface area contributed by atoms with Crippen LogP contribution in [0.4, 0.5) is 30.2 Å². The standard InChI is InChI=1S/C28H21ClF3N5O6S/c1-14-24(26(39)36-20-10-15(28(30,31)32)5-7-18(20)29)25(22-4-3-9-43-22)17(12-33)27(34-14)44-13-23(38)35-19-8-6-16(42-2)11-21(19)37(40)41/h3-11,25,34H,13H2,1-2H3,(H,35,38)(H,36,39)/t25-/m1/s1. The second-order valence-corrected chi connectivity index (χ2v) is 10.5. The second kappa shape index (κ2) is 13.1. The quantitative estimate of drug-likeness (QED) is 0.172. The lowest BCUT2D eigenvalue weighted by Crippen LogP contribution is -2.31. The van der Waals surface area contributed by atoms with Crippen LogP contribution in [0.5, 0.6) is 5.75 Å². The normalized spacial score (nSPS) is 14.9. The number of allylic oxidation sites excluding steroid dienone is 2. The summed E-state index contributed by atoms with van der Waals surface area (Å²) in [6.45, 7) is 1.51. The lowest BCUT2D eigenvalue weighted by Gasteiger charge is -2.28. The highest BCUT2D eigenvalue weighted by atomic mass is 35.5. The average molecular weight is 648 g/mol. The van der Waals surface area contributed by atoms with Crippen LogP contribution in [0.25, 0.3) is 0 Å². The maximum atomic E-state index is 13.5. The summed E-state index contributed by atoms with van der Waals surface area (Å²) in [6.07, 6.45) is -3.36. The van der Waals surface area contributed by atoms with Gasteiger partial charge in [-0.25, -0.2) is 0 Å². The van der Waals surface area contributed by atoms with Gasteiger partial charge in [0, 0.05) is 5.70 Å². The number of hydrogen-bond acceptors (Lipinski definition) is 9. The van der Waals surface area contributed by atoms with Crippen molar-refractivity contribution in [3.63, 3.8) is 0 Å². The van der Waals surface area contributed by atoms with E-state index in [1.807, 2.05) is 6.07 Å². The smallest absolute Gasteiger partial charge is 0.416 e. The number of hydrogen-bond donors (Lipinski definition) is 3. The number of rotatable bonds is 9. The molecule has 0 saturated carbocycles. The third-order valence-electron chi connectivity index (χ3n) is 6.28. The fraction of sp³-hybridized carbons (Fsp3) is 0.179. The van der Waals surface area contributed by atoms with E-state index in [0.29, 0.717) is 6.07 Å². The van der Waals surface area contributed by atoms with Crippen molar-refractivity contribution >= 4 is 52.2 Å². The Morgan fingerprint density at radius 2 is 1.95 bits per heavy atom. The number of nitro groups is 1. The molecule has 2 aromatic carbocycles. The van der Waals surface area contributed by atoms with Crippen molar-refractivity contribution in [2.45, 2.75) is 19.0 Å². The second-order valence-electron chi connectivity index (χ2n) is 9.09. The van der Waals surface area contributed by atoms with Crippen LogP contribution in [-0.4, -0.2) is 29.6 Å². The monoisotopic (exact) mass is 647 g/mol. The van der Waals surface area contributed by atoms with Gasteiger partial charge in [0.2, 0.25) is 5.91 Å². The number of halogens is 4. The number of alkyl halides is 3. The van der Waals surface area contributed by atoms with E-state index in [0.717, 1.165) is 30.0 Å². The highest BCUT2D eigenvalue weighted by Gasteiger charge is 2.37. The minimum Gasteiger partial charge on any atom is -0.496 e. The molecule has 1 aromatic heterocycles. The minimum atomic E-state index is -4.68. The number of nitrogens with zero attached hydrogens (tertiary/aromatic N) is 2. The Hall–Kier alpha value is -4.94. The first kappa shape index (κ1) is 32.0. The van der Waals surface area contributed by atoms with Crippen molar-refractivity contribution in [2.75, 3.05) is 23.5 Å². The summed E-state index contributed by atoms with van der Waals surface area (Å²) >= 11 is 6.97. The molecule has 228 valence electrons. The first-order chi connectivity index (χ1) is 20.8. The van der Waals surface area contributed by atoms with Gasteiger partial charge in [-0.15, -0.1) is 0 Å². The molecule has 0 bridgehead atoms. The SMILES string of the molecule is COc1ccc(NC(=O)CSC2=C(C#N)[C@H](c3ccco3)C(C(=O)Nc3cc(C(F)(F)F)ccc3Cl)=C(C)N2)c([N+](=O)[O-])c1. The molecule has 0 unspecified atom stereocenters. The molecule has 0 aliphatic carbocycles. The van der Waals surface area contributed by atoms with Crippen LogP contribution in [0.1, 0.15) is 24.2 Å². The number of nitro benzene ring substituents is 1. The average Bonchev–Trinajstić information content (AvgIpc) is 3.51. The van der Waals surface area contributed by atoms with Gasteiger partial charge >= 0.3 is 6.18 Å². The number of nitrogens with one attached hydrogen (secondary N) is 3. The fourth-order valence-electron chi connectivity index (χ4n) is 4.27. The van der Waals surface area contributed by atoms with Crippen LogP contribution in [0.3, 0.4) is 0 Å². The molecule has 0 radical (unpaired) electrons. The molecule has 1 aliphatic heterocycles. The highest BCUT2D eigenvalue weighted by molar-refractivity contribution is 8.03. The predicted octanol–water partition coefficient (Wildman–Crippen LogP) is 6.58. The van der Waals surface area contributed by atoms with Crippen molar-refractivity contribution in [1.82, 2.24) is 5.32 Å². The first-order valence-corrected chi connectivity index (χ1v) is 13.8. The van der Waals surface area contributed by atoms with Crippen molar-refractivity contribution < 1.29 is 36.8 Å². The number of nitriles is 1. The number of amides is 2. The zero-order valence-electron chi connectivity index (χ0n) is 22.7. The van der Waals surface area contributed by atoms with Crippen LogP contribution in [0.2, 0.25) is 5.02 Å². The third kappa shape index (κ3) is 6.99. The van der Waals surface area contributed by atoms with Crippen molar-refractivity contribution in [3.8, 4) is 11.8 Å². The minimum absolute atomic E-state index is 0.0148. The molecule has 11 nitrogen and oxygen atoms in total. The van der Waals surface area contributed by atoms with Gasteiger partial charge in [0.1, 0.15) is 17.2 Å². The summed E-state index contributed by atoms with van der Waals surface area (Å²) in [5.74, 6) is -2.47. The van der Waals surface area contributed by atoms with Gasteiger partial charge in [0.25, 0.3) is 11.6 Å². The number of carbonyl (C=O) groups is 2. The maximum Gasteiger partial charge on any atom is 0.416 e. The van der Waals surface area contributed by atoms with E-state index in [2.05, 4.69) is 16.0 Å². The van der Waals surface area contributed by atoms with Crippen molar-refractivity contribution in [2.24, 2.45) is 0 Å². The number of dihydropyridines is 1. The first-order valence-electron chi connectivity index (χ1n) is 12.4. The van der Waals surface area contributed by atoms with Gasteiger partial charge in [-0.1, -0.05) is 23.4 Å². The van der Waals surface area contributed by atoms with Gasteiger partial charge in [-0.2, -0.15) is 18.4 Å². The summed E-state index contributed by atoms with van der Waals surface area (Å²) < 4.78 is 50.4. The molecule has 3 aromatic rings. The number of carbonyl (C=O) groups excluding carboxylic acids is 2. The Bertz CT molecular complexity index is 1730. The molecule has 16 heteroatoms. The Morgan fingerprint density at radius 3 is 2.57 bits per heavy atom. The number of furan rings is 1. The van der Waals surface area contributed by atoms with Crippen LogP contribution in [0, 0.1) is 21.4 Å². The summed E-state index contributed by atoms with van der Waals surface area (Å²) in [5.41, 5.74) is -1.60. The van der Waals surface area contributed by atoms with E-state index in [-0.39, 0.29) is 61.2 Å². The molecule has 3 N–H and O–H groups in total.